The number of unbranched alkanes of at least 4 members (excludes halogenated alkanes) is 7. The van der Waals surface area contributed by atoms with Crippen LogP contribution < -0.4 is 0 Å². The highest BCUT2D eigenvalue weighted by molar-refractivity contribution is 5.73. The Morgan fingerprint density at radius 3 is 2.12 bits per heavy atom. The summed E-state index contributed by atoms with van der Waals surface area (Å²) < 4.78 is 5.34. The van der Waals surface area contributed by atoms with Gasteiger partial charge in [-0.05, 0) is 30.4 Å². The van der Waals surface area contributed by atoms with E-state index in [1.807, 2.05) is 31.2 Å². The van der Waals surface area contributed by atoms with Crippen LogP contribution in [0, 0.1) is 12.8 Å². The van der Waals surface area contributed by atoms with Crippen molar-refractivity contribution in [2.45, 2.75) is 85.0 Å². The molecule has 136 valence electrons. The van der Waals surface area contributed by atoms with E-state index < -0.39 is 0 Å². The van der Waals surface area contributed by atoms with Gasteiger partial charge in [0.25, 0.3) is 0 Å². The van der Waals surface area contributed by atoms with Gasteiger partial charge in [-0.1, -0.05) is 89.5 Å². The molecular formula is C22H36O2. The second-order valence-electron chi connectivity index (χ2n) is 7.33. The molecule has 0 aliphatic carbocycles. The van der Waals surface area contributed by atoms with E-state index in [1.54, 1.807) is 0 Å². The van der Waals surface area contributed by atoms with Crippen LogP contribution in [-0.4, -0.2) is 12.6 Å². The van der Waals surface area contributed by atoms with Crippen molar-refractivity contribution >= 4 is 5.97 Å². The summed E-state index contributed by atoms with van der Waals surface area (Å²) in [7, 11) is 0. The summed E-state index contributed by atoms with van der Waals surface area (Å²) in [4.78, 5) is 11.8. The summed E-state index contributed by atoms with van der Waals surface area (Å²) in [6, 6.07) is 8.00. The monoisotopic (exact) mass is 332 g/mol. The maximum absolute atomic E-state index is 11.8. The molecule has 0 amide bonds. The van der Waals surface area contributed by atoms with Crippen LogP contribution in [0.25, 0.3) is 0 Å². The highest BCUT2D eigenvalue weighted by Crippen LogP contribution is 2.13. The predicted octanol–water partition coefficient (Wildman–Crippen LogP) is 6.25. The number of ether oxygens (including phenoxy) is 1. The fraction of sp³-hybridized carbons (Fsp3) is 0.682. The van der Waals surface area contributed by atoms with Gasteiger partial charge in [0.1, 0.15) is 0 Å². The van der Waals surface area contributed by atoms with Gasteiger partial charge in [0.15, 0.2) is 0 Å². The third kappa shape index (κ3) is 10.5. The Balaban J connectivity index is 1.91. The van der Waals surface area contributed by atoms with Crippen LogP contribution in [0.2, 0.25) is 0 Å². The molecule has 1 aromatic carbocycles. The summed E-state index contributed by atoms with van der Waals surface area (Å²) in [5.74, 6) is 0.743. The molecule has 2 nitrogen and oxygen atoms in total. The minimum Gasteiger partial charge on any atom is -0.465 e. The van der Waals surface area contributed by atoms with E-state index in [9.17, 15) is 4.79 Å². The maximum Gasteiger partial charge on any atom is 0.310 e. The van der Waals surface area contributed by atoms with Gasteiger partial charge in [0.05, 0.1) is 13.0 Å². The summed E-state index contributed by atoms with van der Waals surface area (Å²) in [6.45, 7) is 7.20. The number of aryl methyl sites for hydroxylation is 1. The molecule has 2 heteroatoms. The number of rotatable bonds is 13. The molecule has 0 radical (unpaired) electrons. The van der Waals surface area contributed by atoms with Crippen LogP contribution in [0.15, 0.2) is 24.3 Å². The molecule has 0 aliphatic heterocycles. The molecule has 0 saturated carbocycles. The zero-order valence-corrected chi connectivity index (χ0v) is 16.0. The van der Waals surface area contributed by atoms with Gasteiger partial charge in [-0.2, -0.15) is 0 Å². The van der Waals surface area contributed by atoms with Crippen LogP contribution in [0.3, 0.4) is 0 Å². The summed E-state index contributed by atoms with van der Waals surface area (Å²) in [5.41, 5.74) is 2.22. The molecule has 0 N–H and O–H groups in total. The molecule has 0 heterocycles. The molecule has 1 rings (SSSR count). The van der Waals surface area contributed by atoms with Crippen molar-refractivity contribution in [3.8, 4) is 0 Å². The zero-order chi connectivity index (χ0) is 17.6. The lowest BCUT2D eigenvalue weighted by Gasteiger charge is -2.07. The van der Waals surface area contributed by atoms with Gasteiger partial charge in [0, 0.05) is 0 Å². The normalized spacial score (nSPS) is 11.0. The van der Waals surface area contributed by atoms with Crippen LogP contribution in [-0.2, 0) is 16.0 Å². The van der Waals surface area contributed by atoms with Gasteiger partial charge in [-0.15, -0.1) is 0 Å². The van der Waals surface area contributed by atoms with Crippen LogP contribution in [0.1, 0.15) is 82.8 Å². The molecule has 0 bridgehead atoms. The van der Waals surface area contributed by atoms with Gasteiger partial charge in [-0.25, -0.2) is 0 Å². The number of carbonyl (C=O) groups is 1. The first kappa shape index (κ1) is 20.7. The Hall–Kier alpha value is -1.31. The zero-order valence-electron chi connectivity index (χ0n) is 16.0. The molecule has 0 spiro atoms. The summed E-state index contributed by atoms with van der Waals surface area (Å²) in [5, 5.41) is 0. The SMILES string of the molecule is Cc1ccccc1CC(=O)OCCCCCCCCCCC(C)C. The number of benzene rings is 1. The number of carbonyl (C=O) groups excluding carboxylic acids is 1. The van der Waals surface area contributed by atoms with Crippen molar-refractivity contribution in [2.24, 2.45) is 5.92 Å². The fourth-order valence-electron chi connectivity index (χ4n) is 2.92. The highest BCUT2D eigenvalue weighted by atomic mass is 16.5. The van der Waals surface area contributed by atoms with Crippen molar-refractivity contribution in [3.05, 3.63) is 35.4 Å². The third-order valence-corrected chi connectivity index (χ3v) is 4.53. The molecule has 0 aromatic heterocycles. The molecule has 0 unspecified atom stereocenters. The Bertz CT molecular complexity index is 451. The first-order chi connectivity index (χ1) is 11.6. The quantitative estimate of drug-likeness (QED) is 0.315. The van der Waals surface area contributed by atoms with E-state index in [0.717, 1.165) is 23.5 Å². The third-order valence-electron chi connectivity index (χ3n) is 4.53. The molecule has 0 saturated heterocycles. The van der Waals surface area contributed by atoms with Crippen molar-refractivity contribution in [2.75, 3.05) is 6.61 Å². The van der Waals surface area contributed by atoms with Crippen LogP contribution >= 0.6 is 0 Å². The number of esters is 1. The minimum atomic E-state index is -0.102. The van der Waals surface area contributed by atoms with E-state index in [-0.39, 0.29) is 5.97 Å². The molecule has 0 aliphatic rings. The number of hydrogen-bond acceptors (Lipinski definition) is 2. The van der Waals surface area contributed by atoms with E-state index in [0.29, 0.717) is 13.0 Å². The predicted molar refractivity (Wildman–Crippen MR) is 102 cm³/mol. The number of hydrogen-bond donors (Lipinski definition) is 0. The smallest absolute Gasteiger partial charge is 0.310 e. The lowest BCUT2D eigenvalue weighted by Crippen LogP contribution is -2.09. The molecule has 24 heavy (non-hydrogen) atoms. The van der Waals surface area contributed by atoms with E-state index in [2.05, 4.69) is 13.8 Å². The van der Waals surface area contributed by atoms with Gasteiger partial charge in [0.2, 0.25) is 0 Å². The van der Waals surface area contributed by atoms with E-state index in [4.69, 9.17) is 4.74 Å². The average molecular weight is 333 g/mol. The first-order valence-electron chi connectivity index (χ1n) is 9.79. The average Bonchev–Trinajstić information content (AvgIpc) is 2.54. The largest absolute Gasteiger partial charge is 0.465 e. The highest BCUT2D eigenvalue weighted by Gasteiger charge is 2.06. The molecular weight excluding hydrogens is 296 g/mol. The topological polar surface area (TPSA) is 26.3 Å². The van der Waals surface area contributed by atoms with Crippen LogP contribution in [0.5, 0.6) is 0 Å². The summed E-state index contributed by atoms with van der Waals surface area (Å²) >= 11 is 0. The first-order valence-corrected chi connectivity index (χ1v) is 9.79. The van der Waals surface area contributed by atoms with Crippen molar-refractivity contribution in [3.63, 3.8) is 0 Å². The fourth-order valence-corrected chi connectivity index (χ4v) is 2.92. The lowest BCUT2D eigenvalue weighted by atomic mass is 10.0. The Morgan fingerprint density at radius 2 is 1.50 bits per heavy atom. The second-order valence-corrected chi connectivity index (χ2v) is 7.33. The van der Waals surface area contributed by atoms with E-state index >= 15 is 0 Å². The Morgan fingerprint density at radius 1 is 0.917 bits per heavy atom. The van der Waals surface area contributed by atoms with Crippen LogP contribution in [0.4, 0.5) is 0 Å². The minimum absolute atomic E-state index is 0.102. The van der Waals surface area contributed by atoms with Crippen molar-refractivity contribution in [1.82, 2.24) is 0 Å². The Labute approximate surface area is 149 Å². The van der Waals surface area contributed by atoms with Gasteiger partial charge in [-0.3, -0.25) is 4.79 Å². The van der Waals surface area contributed by atoms with E-state index in [1.165, 1.54) is 51.4 Å². The summed E-state index contributed by atoms with van der Waals surface area (Å²) in [6.07, 6.45) is 12.0. The lowest BCUT2D eigenvalue weighted by molar-refractivity contribution is -0.142. The Kier molecular flexibility index (Phi) is 11.3. The van der Waals surface area contributed by atoms with Gasteiger partial charge < -0.3 is 4.74 Å². The maximum atomic E-state index is 11.8. The molecule has 0 atom stereocenters. The van der Waals surface area contributed by atoms with Crippen molar-refractivity contribution < 1.29 is 9.53 Å². The van der Waals surface area contributed by atoms with Crippen molar-refractivity contribution in [1.29, 1.82) is 0 Å². The van der Waals surface area contributed by atoms with Gasteiger partial charge >= 0.3 is 5.97 Å². The standard InChI is InChI=1S/C22H36O2/c1-19(2)14-10-8-6-4-5-7-9-13-17-24-22(23)18-21-16-12-11-15-20(21)3/h11-12,15-16,19H,4-10,13-14,17-18H2,1-3H3. The molecule has 1 aromatic rings. The second kappa shape index (κ2) is 13.0. The molecule has 0 fully saturated rings.